The van der Waals surface area contributed by atoms with E-state index in [0.29, 0.717) is 5.69 Å². The van der Waals surface area contributed by atoms with E-state index in [4.69, 9.17) is 0 Å². The molecule has 1 fully saturated rings. The molecule has 0 N–H and O–H groups in total. The molecule has 4 heteroatoms. The van der Waals surface area contributed by atoms with Crippen LogP contribution in [0.1, 0.15) is 34.1 Å². The van der Waals surface area contributed by atoms with Crippen LogP contribution in [0, 0.1) is 11.8 Å². The first-order valence-electron chi connectivity index (χ1n) is 9.48. The van der Waals surface area contributed by atoms with E-state index in [9.17, 15) is 9.59 Å². The standard InChI is InChI=1S/C24H16BrNO2/c25-13-6-5-7-14(12-13)26-23(27)21-19-15-8-1-2-9-16(15)20(22(21)24(26)28)18-11-4-3-10-17(18)19/h1-12,19-22H. The van der Waals surface area contributed by atoms with Gasteiger partial charge in [-0.05, 0) is 40.5 Å². The Morgan fingerprint density at radius 1 is 0.643 bits per heavy atom. The number of halogens is 1. The lowest BCUT2D eigenvalue weighted by atomic mass is 9.55. The molecule has 136 valence electrons. The Kier molecular flexibility index (Phi) is 3.28. The Morgan fingerprint density at radius 2 is 1.11 bits per heavy atom. The van der Waals surface area contributed by atoms with Crippen molar-refractivity contribution in [2.24, 2.45) is 11.8 Å². The molecule has 3 aromatic carbocycles. The smallest absolute Gasteiger partial charge is 0.238 e. The molecule has 2 unspecified atom stereocenters. The third kappa shape index (κ3) is 1.93. The number of imide groups is 1. The van der Waals surface area contributed by atoms with Gasteiger partial charge >= 0.3 is 0 Å². The molecule has 7 rings (SSSR count). The van der Waals surface area contributed by atoms with Gasteiger partial charge in [0.15, 0.2) is 0 Å². The van der Waals surface area contributed by atoms with Gasteiger partial charge in [-0.15, -0.1) is 0 Å². The fourth-order valence-electron chi connectivity index (χ4n) is 5.55. The molecule has 0 saturated carbocycles. The summed E-state index contributed by atoms with van der Waals surface area (Å²) in [6.07, 6.45) is 0. The van der Waals surface area contributed by atoms with Crippen LogP contribution in [0.2, 0.25) is 0 Å². The number of anilines is 1. The topological polar surface area (TPSA) is 37.4 Å². The summed E-state index contributed by atoms with van der Waals surface area (Å²) in [4.78, 5) is 28.5. The zero-order chi connectivity index (χ0) is 19.0. The predicted molar refractivity (Wildman–Crippen MR) is 110 cm³/mol. The molecule has 2 amide bonds. The maximum atomic E-state index is 13.6. The normalized spacial score (nSPS) is 26.8. The predicted octanol–water partition coefficient (Wildman–Crippen LogP) is 4.85. The van der Waals surface area contributed by atoms with Crippen LogP contribution < -0.4 is 4.90 Å². The first kappa shape index (κ1) is 16.3. The molecule has 0 radical (unpaired) electrons. The lowest BCUT2D eigenvalue weighted by Crippen LogP contribution is -2.41. The largest absolute Gasteiger partial charge is 0.274 e. The summed E-state index contributed by atoms with van der Waals surface area (Å²) in [6.45, 7) is 0. The van der Waals surface area contributed by atoms with Crippen molar-refractivity contribution in [3.8, 4) is 0 Å². The number of rotatable bonds is 1. The molecule has 0 spiro atoms. The molecule has 28 heavy (non-hydrogen) atoms. The minimum absolute atomic E-state index is 0.0593. The minimum Gasteiger partial charge on any atom is -0.274 e. The summed E-state index contributed by atoms with van der Waals surface area (Å²) in [6, 6.07) is 24.1. The first-order valence-corrected chi connectivity index (χ1v) is 10.3. The second-order valence-electron chi connectivity index (χ2n) is 7.76. The number of amides is 2. The highest BCUT2D eigenvalue weighted by atomic mass is 79.9. The van der Waals surface area contributed by atoms with E-state index in [2.05, 4.69) is 40.2 Å². The Morgan fingerprint density at radius 3 is 1.54 bits per heavy atom. The molecule has 4 aliphatic rings. The molecular weight excluding hydrogens is 414 g/mol. The van der Waals surface area contributed by atoms with Crippen molar-refractivity contribution >= 4 is 33.4 Å². The van der Waals surface area contributed by atoms with E-state index in [1.54, 1.807) is 0 Å². The summed E-state index contributed by atoms with van der Waals surface area (Å²) < 4.78 is 0.856. The van der Waals surface area contributed by atoms with Gasteiger partial charge in [0.25, 0.3) is 0 Å². The van der Waals surface area contributed by atoms with E-state index in [1.165, 1.54) is 27.2 Å². The number of nitrogens with zero attached hydrogens (tertiary/aromatic N) is 1. The van der Waals surface area contributed by atoms with Crippen LogP contribution in [0.15, 0.2) is 77.3 Å². The van der Waals surface area contributed by atoms with Crippen molar-refractivity contribution in [1.82, 2.24) is 0 Å². The van der Waals surface area contributed by atoms with Crippen molar-refractivity contribution in [1.29, 1.82) is 0 Å². The summed E-state index contributed by atoms with van der Waals surface area (Å²) >= 11 is 3.46. The zero-order valence-electron chi connectivity index (χ0n) is 14.9. The van der Waals surface area contributed by atoms with Crippen LogP contribution in [0.5, 0.6) is 0 Å². The van der Waals surface area contributed by atoms with Crippen LogP contribution in [-0.4, -0.2) is 11.8 Å². The molecule has 2 atom stereocenters. The number of hydrogen-bond donors (Lipinski definition) is 0. The highest BCUT2D eigenvalue weighted by Gasteiger charge is 2.61. The maximum Gasteiger partial charge on any atom is 0.238 e. The van der Waals surface area contributed by atoms with Crippen molar-refractivity contribution in [2.75, 3.05) is 4.90 Å². The van der Waals surface area contributed by atoms with Gasteiger partial charge in [-0.1, -0.05) is 70.5 Å². The average molecular weight is 430 g/mol. The number of benzene rings is 3. The fourth-order valence-corrected chi connectivity index (χ4v) is 5.93. The molecule has 3 nitrogen and oxygen atoms in total. The van der Waals surface area contributed by atoms with Crippen LogP contribution >= 0.6 is 15.9 Å². The lowest BCUT2D eigenvalue weighted by Gasteiger charge is -2.45. The van der Waals surface area contributed by atoms with E-state index in [1.807, 2.05) is 48.5 Å². The minimum atomic E-state index is -0.332. The second-order valence-corrected chi connectivity index (χ2v) is 8.67. The van der Waals surface area contributed by atoms with Gasteiger partial charge in [-0.25, -0.2) is 4.90 Å². The SMILES string of the molecule is O=C1C2C3c4ccccc4C(c4ccccc43)C2C(=O)N1c1cccc(Br)c1. The number of carbonyl (C=O) groups excluding carboxylic acids is 2. The van der Waals surface area contributed by atoms with Crippen molar-refractivity contribution < 1.29 is 9.59 Å². The van der Waals surface area contributed by atoms with Gasteiger partial charge in [-0.2, -0.15) is 0 Å². The van der Waals surface area contributed by atoms with Gasteiger partial charge < -0.3 is 0 Å². The highest BCUT2D eigenvalue weighted by Crippen LogP contribution is 2.61. The fraction of sp³-hybridized carbons (Fsp3) is 0.167. The quantitative estimate of drug-likeness (QED) is 0.518. The van der Waals surface area contributed by atoms with Gasteiger partial charge in [-0.3, -0.25) is 9.59 Å². The maximum absolute atomic E-state index is 13.6. The Balaban J connectivity index is 1.58. The van der Waals surface area contributed by atoms with Crippen LogP contribution in [0.25, 0.3) is 0 Å². The summed E-state index contributed by atoms with van der Waals surface area (Å²) in [7, 11) is 0. The first-order chi connectivity index (χ1) is 13.7. The van der Waals surface area contributed by atoms with E-state index in [-0.39, 0.29) is 35.5 Å². The number of carbonyl (C=O) groups is 2. The van der Waals surface area contributed by atoms with Crippen LogP contribution in [-0.2, 0) is 9.59 Å². The molecule has 1 heterocycles. The van der Waals surface area contributed by atoms with E-state index in [0.717, 1.165) is 4.47 Å². The average Bonchev–Trinajstić information content (AvgIpc) is 2.99. The van der Waals surface area contributed by atoms with Gasteiger partial charge in [0, 0.05) is 16.3 Å². The third-order valence-corrected chi connectivity index (χ3v) is 7.01. The molecular formula is C24H16BrNO2. The number of hydrogen-bond acceptors (Lipinski definition) is 2. The lowest BCUT2D eigenvalue weighted by molar-refractivity contribution is -0.122. The summed E-state index contributed by atoms with van der Waals surface area (Å²) in [5.74, 6) is -0.936. The molecule has 0 aromatic heterocycles. The van der Waals surface area contributed by atoms with Crippen molar-refractivity contribution in [2.45, 2.75) is 11.8 Å². The Labute approximate surface area is 171 Å². The van der Waals surface area contributed by atoms with Gasteiger partial charge in [0.05, 0.1) is 17.5 Å². The highest BCUT2D eigenvalue weighted by molar-refractivity contribution is 9.10. The molecule has 2 bridgehead atoms. The van der Waals surface area contributed by atoms with Crippen LogP contribution in [0.4, 0.5) is 5.69 Å². The Bertz CT molecular complexity index is 1060. The van der Waals surface area contributed by atoms with E-state index >= 15 is 0 Å². The van der Waals surface area contributed by atoms with Gasteiger partial charge in [0.1, 0.15) is 0 Å². The Hall–Kier alpha value is -2.72. The molecule has 3 aromatic rings. The third-order valence-electron chi connectivity index (χ3n) is 6.51. The molecule has 1 saturated heterocycles. The van der Waals surface area contributed by atoms with Crippen LogP contribution in [0.3, 0.4) is 0 Å². The molecule has 3 aliphatic carbocycles. The van der Waals surface area contributed by atoms with Gasteiger partial charge in [0.2, 0.25) is 11.8 Å². The zero-order valence-corrected chi connectivity index (χ0v) is 16.5. The second kappa shape index (κ2) is 5.65. The summed E-state index contributed by atoms with van der Waals surface area (Å²) in [5.41, 5.74) is 5.44. The van der Waals surface area contributed by atoms with E-state index < -0.39 is 0 Å². The monoisotopic (exact) mass is 429 g/mol. The van der Waals surface area contributed by atoms with Crippen molar-refractivity contribution in [3.05, 3.63) is 99.5 Å². The molecule has 1 aliphatic heterocycles. The van der Waals surface area contributed by atoms with Crippen molar-refractivity contribution in [3.63, 3.8) is 0 Å². The summed E-state index contributed by atoms with van der Waals surface area (Å²) in [5, 5.41) is 0.